The first-order valence-corrected chi connectivity index (χ1v) is 10.3. The minimum atomic E-state index is 0.484. The van der Waals surface area contributed by atoms with Gasteiger partial charge in [-0.25, -0.2) is 9.98 Å². The molecule has 0 spiro atoms. The maximum atomic E-state index is 4.67. The van der Waals surface area contributed by atoms with Crippen LogP contribution in [0.25, 0.3) is 0 Å². The summed E-state index contributed by atoms with van der Waals surface area (Å²) < 4.78 is 0. The van der Waals surface area contributed by atoms with E-state index < -0.39 is 0 Å². The maximum absolute atomic E-state index is 4.67. The highest BCUT2D eigenvalue weighted by Gasteiger charge is 2.08. The van der Waals surface area contributed by atoms with E-state index in [0.717, 1.165) is 31.2 Å². The lowest BCUT2D eigenvalue weighted by Crippen LogP contribution is -2.39. The molecule has 0 radical (unpaired) electrons. The number of guanidine groups is 1. The number of aromatic nitrogens is 1. The quantitative estimate of drug-likeness (QED) is 0.543. The lowest BCUT2D eigenvalue weighted by molar-refractivity contribution is 0.562. The van der Waals surface area contributed by atoms with Crippen molar-refractivity contribution in [2.75, 3.05) is 13.1 Å². The number of thiophene rings is 1. The second-order valence-corrected chi connectivity index (χ2v) is 8.22. The Morgan fingerprint density at radius 3 is 2.71 bits per heavy atom. The second-order valence-electron chi connectivity index (χ2n) is 6.30. The summed E-state index contributed by atoms with van der Waals surface area (Å²) in [5.41, 5.74) is 1.05. The van der Waals surface area contributed by atoms with Crippen LogP contribution in [0.3, 0.4) is 0 Å². The predicted octanol–water partition coefficient (Wildman–Crippen LogP) is 4.26. The SMILES string of the molecule is CCNC(=NCc1csc(C(C)C)n1)NCC(C)Cc1cccs1. The number of aliphatic imine (C=N–C) groups is 1. The average Bonchev–Trinajstić information content (AvgIpc) is 3.21. The Kier molecular flexibility index (Phi) is 7.72. The highest BCUT2D eigenvalue weighted by atomic mass is 32.1. The van der Waals surface area contributed by atoms with E-state index in [2.05, 4.69) is 71.2 Å². The third kappa shape index (κ3) is 6.24. The largest absolute Gasteiger partial charge is 0.357 e. The molecule has 2 heterocycles. The highest BCUT2D eigenvalue weighted by Crippen LogP contribution is 2.19. The van der Waals surface area contributed by atoms with Crippen molar-refractivity contribution < 1.29 is 0 Å². The molecule has 0 fully saturated rings. The first-order chi connectivity index (χ1) is 11.6. The fourth-order valence-electron chi connectivity index (χ4n) is 2.28. The molecule has 0 amide bonds. The summed E-state index contributed by atoms with van der Waals surface area (Å²) in [7, 11) is 0. The molecule has 2 aromatic heterocycles. The van der Waals surface area contributed by atoms with Gasteiger partial charge in [-0.1, -0.05) is 26.8 Å². The lowest BCUT2D eigenvalue weighted by atomic mass is 10.1. The van der Waals surface area contributed by atoms with Gasteiger partial charge in [0.15, 0.2) is 5.96 Å². The Morgan fingerprint density at radius 2 is 2.08 bits per heavy atom. The van der Waals surface area contributed by atoms with Gasteiger partial charge < -0.3 is 10.6 Å². The number of thiazole rings is 1. The van der Waals surface area contributed by atoms with Crippen LogP contribution in [-0.2, 0) is 13.0 Å². The van der Waals surface area contributed by atoms with E-state index in [1.807, 2.05) is 11.3 Å². The van der Waals surface area contributed by atoms with Crippen molar-refractivity contribution in [3.8, 4) is 0 Å². The van der Waals surface area contributed by atoms with E-state index in [0.29, 0.717) is 18.4 Å². The van der Waals surface area contributed by atoms with Gasteiger partial charge in [0.25, 0.3) is 0 Å². The number of hydrogen-bond donors (Lipinski definition) is 2. The fraction of sp³-hybridized carbons (Fsp3) is 0.556. The normalized spacial score (nSPS) is 13.3. The Morgan fingerprint density at radius 1 is 1.25 bits per heavy atom. The van der Waals surface area contributed by atoms with Crippen molar-refractivity contribution in [1.82, 2.24) is 15.6 Å². The van der Waals surface area contributed by atoms with Gasteiger partial charge in [-0.05, 0) is 30.7 Å². The van der Waals surface area contributed by atoms with E-state index in [1.54, 1.807) is 11.3 Å². The molecule has 0 aliphatic rings. The molecular formula is C18H28N4S2. The molecule has 1 unspecified atom stereocenters. The van der Waals surface area contributed by atoms with Crippen molar-refractivity contribution in [2.24, 2.45) is 10.9 Å². The summed E-state index contributed by atoms with van der Waals surface area (Å²) in [6.45, 7) is 11.1. The van der Waals surface area contributed by atoms with Crippen LogP contribution in [0.5, 0.6) is 0 Å². The molecule has 0 aliphatic heterocycles. The van der Waals surface area contributed by atoms with Crippen LogP contribution in [0, 0.1) is 5.92 Å². The van der Waals surface area contributed by atoms with Crippen LogP contribution in [-0.4, -0.2) is 24.0 Å². The third-order valence-electron chi connectivity index (χ3n) is 3.55. The summed E-state index contributed by atoms with van der Waals surface area (Å²) >= 11 is 3.55. The molecule has 0 aromatic carbocycles. The van der Waals surface area contributed by atoms with E-state index >= 15 is 0 Å². The smallest absolute Gasteiger partial charge is 0.191 e. The lowest BCUT2D eigenvalue weighted by Gasteiger charge is -2.15. The molecule has 1 atom stereocenters. The number of rotatable bonds is 8. The molecule has 132 valence electrons. The van der Waals surface area contributed by atoms with Crippen LogP contribution in [0.15, 0.2) is 27.9 Å². The summed E-state index contributed by atoms with van der Waals surface area (Å²) in [5, 5.41) is 12.2. The zero-order chi connectivity index (χ0) is 17.4. The summed E-state index contributed by atoms with van der Waals surface area (Å²) in [6, 6.07) is 4.32. The Hall–Kier alpha value is -1.40. The van der Waals surface area contributed by atoms with Crippen LogP contribution in [0.2, 0.25) is 0 Å². The highest BCUT2D eigenvalue weighted by molar-refractivity contribution is 7.10. The third-order valence-corrected chi connectivity index (χ3v) is 5.65. The zero-order valence-corrected chi connectivity index (χ0v) is 16.6. The summed E-state index contributed by atoms with van der Waals surface area (Å²) in [4.78, 5) is 10.8. The van der Waals surface area contributed by atoms with Crippen LogP contribution in [0.1, 0.15) is 49.2 Å². The van der Waals surface area contributed by atoms with Gasteiger partial charge in [0.05, 0.1) is 17.2 Å². The molecule has 2 aromatic rings. The van der Waals surface area contributed by atoms with Crippen LogP contribution >= 0.6 is 22.7 Å². The van der Waals surface area contributed by atoms with Crippen LogP contribution < -0.4 is 10.6 Å². The molecule has 2 rings (SSSR count). The summed E-state index contributed by atoms with van der Waals surface area (Å²) in [6.07, 6.45) is 1.11. The van der Waals surface area contributed by atoms with Gasteiger partial charge in [0.2, 0.25) is 0 Å². The first-order valence-electron chi connectivity index (χ1n) is 8.57. The molecule has 24 heavy (non-hydrogen) atoms. The van der Waals surface area contributed by atoms with Crippen LogP contribution in [0.4, 0.5) is 0 Å². The maximum Gasteiger partial charge on any atom is 0.191 e. The van der Waals surface area contributed by atoms with Gasteiger partial charge in [-0.15, -0.1) is 22.7 Å². The Labute approximate surface area is 153 Å². The standard InChI is InChI=1S/C18H28N4S2/c1-5-19-18(20-10-14(4)9-16-7-6-8-23-16)21-11-15-12-24-17(22-15)13(2)3/h6-8,12-14H,5,9-11H2,1-4H3,(H2,19,20,21). The average molecular weight is 365 g/mol. The van der Waals surface area contributed by atoms with Crippen molar-refractivity contribution in [2.45, 2.75) is 46.6 Å². The van der Waals surface area contributed by atoms with Crippen molar-refractivity contribution >= 4 is 28.6 Å². The monoisotopic (exact) mass is 364 g/mol. The Bertz CT molecular complexity index is 617. The number of hydrogen-bond acceptors (Lipinski definition) is 4. The van der Waals surface area contributed by atoms with E-state index in [4.69, 9.17) is 0 Å². The minimum absolute atomic E-state index is 0.484. The molecule has 6 heteroatoms. The molecule has 0 saturated heterocycles. The predicted molar refractivity (Wildman–Crippen MR) is 106 cm³/mol. The zero-order valence-electron chi connectivity index (χ0n) is 15.0. The van der Waals surface area contributed by atoms with Gasteiger partial charge in [0.1, 0.15) is 0 Å². The number of nitrogens with one attached hydrogen (secondary N) is 2. The fourth-order valence-corrected chi connectivity index (χ4v) is 3.97. The number of nitrogens with zero attached hydrogens (tertiary/aromatic N) is 2. The molecule has 0 saturated carbocycles. The van der Waals surface area contributed by atoms with Gasteiger partial charge >= 0.3 is 0 Å². The second kappa shape index (κ2) is 9.79. The van der Waals surface area contributed by atoms with E-state index in [1.165, 1.54) is 9.88 Å². The molecular weight excluding hydrogens is 336 g/mol. The molecule has 0 bridgehead atoms. The van der Waals surface area contributed by atoms with Crippen molar-refractivity contribution in [3.63, 3.8) is 0 Å². The minimum Gasteiger partial charge on any atom is -0.357 e. The molecule has 2 N–H and O–H groups in total. The first kappa shape index (κ1) is 18.9. The van der Waals surface area contributed by atoms with Crippen molar-refractivity contribution in [3.05, 3.63) is 38.5 Å². The van der Waals surface area contributed by atoms with E-state index in [9.17, 15) is 0 Å². The van der Waals surface area contributed by atoms with Gasteiger partial charge in [0, 0.05) is 29.3 Å². The van der Waals surface area contributed by atoms with Crippen molar-refractivity contribution in [1.29, 1.82) is 0 Å². The topological polar surface area (TPSA) is 49.3 Å². The molecule has 4 nitrogen and oxygen atoms in total. The van der Waals surface area contributed by atoms with Gasteiger partial charge in [-0.2, -0.15) is 0 Å². The summed E-state index contributed by atoms with van der Waals surface area (Å²) in [5.74, 6) is 1.92. The Balaban J connectivity index is 1.85. The van der Waals surface area contributed by atoms with Gasteiger partial charge in [-0.3, -0.25) is 0 Å². The molecule has 0 aliphatic carbocycles. The van der Waals surface area contributed by atoms with E-state index in [-0.39, 0.29) is 0 Å².